The first-order valence-corrected chi connectivity index (χ1v) is 8.83. The van der Waals surface area contributed by atoms with Gasteiger partial charge in [-0.1, -0.05) is 24.3 Å². The number of fused-ring (bicyclic) bond motifs is 1. The van der Waals surface area contributed by atoms with Crippen molar-refractivity contribution in [1.82, 2.24) is 4.90 Å². The first kappa shape index (κ1) is 19.4. The van der Waals surface area contributed by atoms with Gasteiger partial charge in [-0.25, -0.2) is 4.39 Å². The third-order valence-electron chi connectivity index (χ3n) is 4.50. The van der Waals surface area contributed by atoms with Gasteiger partial charge < -0.3 is 14.4 Å². The Morgan fingerprint density at radius 2 is 1.75 bits per heavy atom. The highest BCUT2D eigenvalue weighted by atomic mass is 19.1. The molecule has 0 saturated heterocycles. The van der Waals surface area contributed by atoms with Gasteiger partial charge in [0.05, 0.1) is 14.2 Å². The third kappa shape index (κ3) is 4.49. The van der Waals surface area contributed by atoms with Crippen molar-refractivity contribution in [1.29, 1.82) is 0 Å². The molecule has 0 unspecified atom stereocenters. The number of benzene rings is 3. The number of ether oxygens (including phenoxy) is 2. The van der Waals surface area contributed by atoms with Crippen LogP contribution in [0.15, 0.2) is 60.7 Å². The van der Waals surface area contributed by atoms with Gasteiger partial charge in [0.2, 0.25) is 5.91 Å². The molecule has 0 radical (unpaired) electrons. The van der Waals surface area contributed by atoms with Crippen LogP contribution in [0.1, 0.15) is 11.1 Å². The summed E-state index contributed by atoms with van der Waals surface area (Å²) < 4.78 is 23.9. The first-order chi connectivity index (χ1) is 13.5. The van der Waals surface area contributed by atoms with E-state index in [9.17, 15) is 9.18 Å². The Bertz CT molecular complexity index is 1030. The average Bonchev–Trinajstić information content (AvgIpc) is 2.71. The van der Waals surface area contributed by atoms with Crippen LogP contribution in [-0.2, 0) is 11.3 Å². The van der Waals surface area contributed by atoms with Crippen LogP contribution in [-0.4, -0.2) is 32.1 Å². The summed E-state index contributed by atoms with van der Waals surface area (Å²) in [6.45, 7) is 0.474. The molecule has 3 aromatic carbocycles. The van der Waals surface area contributed by atoms with E-state index in [4.69, 9.17) is 9.47 Å². The fourth-order valence-electron chi connectivity index (χ4n) is 2.93. The smallest absolute Gasteiger partial charge is 0.246 e. The molecule has 0 N–H and O–H groups in total. The molecule has 1 amide bonds. The minimum absolute atomic E-state index is 0.161. The van der Waals surface area contributed by atoms with E-state index in [-0.39, 0.29) is 11.7 Å². The summed E-state index contributed by atoms with van der Waals surface area (Å²) in [6.07, 6.45) is 3.03. The van der Waals surface area contributed by atoms with E-state index >= 15 is 0 Å². The van der Waals surface area contributed by atoms with Crippen molar-refractivity contribution in [3.63, 3.8) is 0 Å². The van der Waals surface area contributed by atoms with E-state index in [2.05, 4.69) is 6.07 Å². The van der Waals surface area contributed by atoms with E-state index < -0.39 is 5.82 Å². The van der Waals surface area contributed by atoms with Gasteiger partial charge in [-0.05, 0) is 58.3 Å². The summed E-state index contributed by atoms with van der Waals surface area (Å²) in [4.78, 5) is 14.0. The van der Waals surface area contributed by atoms with Crippen molar-refractivity contribution >= 4 is 22.8 Å². The number of likely N-dealkylation sites (N-methyl/N-ethyl adjacent to an activating group) is 1. The zero-order valence-corrected chi connectivity index (χ0v) is 16.1. The number of nitrogens with zero attached hydrogens (tertiary/aromatic N) is 1. The Morgan fingerprint density at radius 1 is 1.00 bits per heavy atom. The Balaban J connectivity index is 1.68. The molecule has 0 atom stereocenters. The molecule has 0 fully saturated rings. The molecule has 28 heavy (non-hydrogen) atoms. The molecule has 0 heterocycles. The molecule has 5 heteroatoms. The Labute approximate surface area is 163 Å². The van der Waals surface area contributed by atoms with Gasteiger partial charge in [0.1, 0.15) is 5.75 Å². The lowest BCUT2D eigenvalue weighted by molar-refractivity contribution is -0.125. The minimum atomic E-state index is -0.460. The lowest BCUT2D eigenvalue weighted by atomic mass is 10.1. The van der Waals surface area contributed by atoms with Crippen LogP contribution >= 0.6 is 0 Å². The van der Waals surface area contributed by atoms with Crippen molar-refractivity contribution in [3.8, 4) is 11.5 Å². The van der Waals surface area contributed by atoms with E-state index in [1.54, 1.807) is 31.2 Å². The fraction of sp³-hybridized carbons (Fsp3) is 0.174. The Morgan fingerprint density at radius 3 is 2.46 bits per heavy atom. The number of hydrogen-bond donors (Lipinski definition) is 0. The van der Waals surface area contributed by atoms with E-state index in [1.165, 1.54) is 25.3 Å². The zero-order valence-electron chi connectivity index (χ0n) is 16.1. The molecule has 0 bridgehead atoms. The highest BCUT2D eigenvalue weighted by Gasteiger charge is 2.08. The first-order valence-electron chi connectivity index (χ1n) is 8.83. The molecule has 0 saturated carbocycles. The van der Waals surface area contributed by atoms with Crippen LogP contribution in [0.5, 0.6) is 11.5 Å². The minimum Gasteiger partial charge on any atom is -0.497 e. The largest absolute Gasteiger partial charge is 0.497 e. The number of carbonyl (C=O) groups excluding carboxylic acids is 1. The molecule has 0 aliphatic carbocycles. The predicted molar refractivity (Wildman–Crippen MR) is 109 cm³/mol. The van der Waals surface area contributed by atoms with Crippen LogP contribution < -0.4 is 9.47 Å². The monoisotopic (exact) mass is 379 g/mol. The summed E-state index contributed by atoms with van der Waals surface area (Å²) >= 11 is 0. The van der Waals surface area contributed by atoms with Crippen LogP contribution in [0.3, 0.4) is 0 Å². The van der Waals surface area contributed by atoms with Gasteiger partial charge in [-0.15, -0.1) is 0 Å². The van der Waals surface area contributed by atoms with Gasteiger partial charge in [-0.2, -0.15) is 0 Å². The third-order valence-corrected chi connectivity index (χ3v) is 4.50. The zero-order chi connectivity index (χ0) is 20.1. The maximum absolute atomic E-state index is 13.7. The van der Waals surface area contributed by atoms with E-state index in [0.717, 1.165) is 22.1 Å². The number of hydrogen-bond acceptors (Lipinski definition) is 3. The van der Waals surface area contributed by atoms with Crippen molar-refractivity contribution < 1.29 is 18.7 Å². The topological polar surface area (TPSA) is 38.8 Å². The summed E-state index contributed by atoms with van der Waals surface area (Å²) in [5.41, 5.74) is 1.62. The Hall–Kier alpha value is -3.34. The number of amides is 1. The predicted octanol–water partition coefficient (Wildman–Crippen LogP) is 4.67. The van der Waals surface area contributed by atoms with Crippen LogP contribution in [0.25, 0.3) is 16.8 Å². The molecule has 0 aliphatic heterocycles. The lowest BCUT2D eigenvalue weighted by Crippen LogP contribution is -2.24. The molecule has 0 aliphatic rings. The number of methoxy groups -OCH3 is 2. The summed E-state index contributed by atoms with van der Waals surface area (Å²) in [7, 11) is 4.79. The van der Waals surface area contributed by atoms with E-state index in [0.29, 0.717) is 12.1 Å². The van der Waals surface area contributed by atoms with Crippen molar-refractivity contribution in [2.24, 2.45) is 0 Å². The summed E-state index contributed by atoms with van der Waals surface area (Å²) in [5, 5.41) is 2.17. The SMILES string of the molecule is COc1ccc2cc(CN(C)C(=O)/C=C/c3ccc(OC)c(F)c3)ccc2c1. The maximum Gasteiger partial charge on any atom is 0.246 e. The van der Waals surface area contributed by atoms with Gasteiger partial charge in [0.25, 0.3) is 0 Å². The van der Waals surface area contributed by atoms with Gasteiger partial charge in [-0.3, -0.25) is 4.79 Å². The standard InChI is InChI=1S/C23H22FNO3/c1-25(23(26)11-6-16-5-10-22(28-3)21(24)13-16)15-17-4-7-19-14-20(27-2)9-8-18(19)12-17/h4-14H,15H2,1-3H3/b11-6+. The average molecular weight is 379 g/mol. The quantitative estimate of drug-likeness (QED) is 0.585. The second kappa shape index (κ2) is 8.57. The molecule has 3 rings (SSSR count). The van der Waals surface area contributed by atoms with Gasteiger partial charge in [0.15, 0.2) is 11.6 Å². The molecule has 3 aromatic rings. The van der Waals surface area contributed by atoms with Crippen LogP contribution in [0, 0.1) is 5.82 Å². The second-order valence-corrected chi connectivity index (χ2v) is 6.47. The molecular formula is C23H22FNO3. The van der Waals surface area contributed by atoms with Crippen molar-refractivity contribution in [2.45, 2.75) is 6.54 Å². The molecular weight excluding hydrogens is 357 g/mol. The normalized spacial score (nSPS) is 11.0. The number of halogens is 1. The van der Waals surface area contributed by atoms with Crippen molar-refractivity contribution in [2.75, 3.05) is 21.3 Å². The van der Waals surface area contributed by atoms with E-state index in [1.807, 2.05) is 30.3 Å². The number of rotatable bonds is 6. The van der Waals surface area contributed by atoms with Gasteiger partial charge in [0, 0.05) is 19.7 Å². The highest BCUT2D eigenvalue weighted by molar-refractivity contribution is 5.91. The number of carbonyl (C=O) groups is 1. The van der Waals surface area contributed by atoms with Gasteiger partial charge >= 0.3 is 0 Å². The lowest BCUT2D eigenvalue weighted by Gasteiger charge is -2.16. The molecule has 4 nitrogen and oxygen atoms in total. The summed E-state index contributed by atoms with van der Waals surface area (Å²) in [5.74, 6) is 0.367. The summed E-state index contributed by atoms with van der Waals surface area (Å²) in [6, 6.07) is 16.5. The highest BCUT2D eigenvalue weighted by Crippen LogP contribution is 2.22. The molecule has 144 valence electrons. The Kier molecular flexibility index (Phi) is 5.94. The van der Waals surface area contributed by atoms with Crippen LogP contribution in [0.2, 0.25) is 0 Å². The maximum atomic E-state index is 13.7. The second-order valence-electron chi connectivity index (χ2n) is 6.47. The fourth-order valence-corrected chi connectivity index (χ4v) is 2.93. The molecule has 0 aromatic heterocycles. The van der Waals surface area contributed by atoms with Crippen molar-refractivity contribution in [3.05, 3.63) is 77.6 Å². The molecule has 0 spiro atoms. The van der Waals surface area contributed by atoms with Crippen LogP contribution in [0.4, 0.5) is 4.39 Å².